The number of ether oxygens (including phenoxy) is 1. The molecule has 0 fully saturated rings. The number of carbonyl (C=O) groups is 3. The lowest BCUT2D eigenvalue weighted by Gasteiger charge is -2.15. The van der Waals surface area contributed by atoms with Gasteiger partial charge in [-0.25, -0.2) is 4.79 Å². The summed E-state index contributed by atoms with van der Waals surface area (Å²) in [7, 11) is 0. The predicted octanol–water partition coefficient (Wildman–Crippen LogP) is 3.22. The Labute approximate surface area is 165 Å². The maximum Gasteiger partial charge on any atom is 0.328 e. The van der Waals surface area contributed by atoms with Gasteiger partial charge in [0.2, 0.25) is 0 Å². The first kappa shape index (κ1) is 21.2. The molecule has 28 heavy (non-hydrogen) atoms. The Morgan fingerprint density at radius 1 is 0.964 bits per heavy atom. The van der Waals surface area contributed by atoms with Crippen molar-refractivity contribution in [3.63, 3.8) is 0 Å². The number of hydrogen-bond acceptors (Lipinski definition) is 4. The van der Waals surface area contributed by atoms with Crippen LogP contribution >= 0.6 is 0 Å². The van der Waals surface area contributed by atoms with Gasteiger partial charge in [0.15, 0.2) is 6.61 Å². The van der Waals surface area contributed by atoms with Gasteiger partial charge in [0.1, 0.15) is 6.04 Å². The zero-order valence-electron chi connectivity index (χ0n) is 16.9. The second-order valence-corrected chi connectivity index (χ2v) is 6.99. The minimum absolute atomic E-state index is 0.372. The highest BCUT2D eigenvalue weighted by atomic mass is 16.5. The molecule has 0 heterocycles. The molecule has 0 bridgehead atoms. The van der Waals surface area contributed by atoms with Crippen LogP contribution in [-0.4, -0.2) is 30.4 Å². The highest BCUT2D eigenvalue weighted by molar-refractivity contribution is 5.97. The summed E-state index contributed by atoms with van der Waals surface area (Å²) in [5.41, 5.74) is 5.11. The van der Waals surface area contributed by atoms with Crippen molar-refractivity contribution >= 4 is 23.5 Å². The molecule has 0 saturated heterocycles. The monoisotopic (exact) mass is 382 g/mol. The molecule has 0 aliphatic heterocycles. The minimum Gasteiger partial charge on any atom is -0.454 e. The fraction of sp³-hybridized carbons (Fsp3) is 0.318. The van der Waals surface area contributed by atoms with Gasteiger partial charge in [-0.1, -0.05) is 35.4 Å². The number of rotatable bonds is 6. The summed E-state index contributed by atoms with van der Waals surface area (Å²) in [5.74, 6) is -1.47. The van der Waals surface area contributed by atoms with Crippen molar-refractivity contribution in [1.82, 2.24) is 5.32 Å². The first-order chi connectivity index (χ1) is 13.2. The van der Waals surface area contributed by atoms with Crippen LogP contribution in [0.2, 0.25) is 0 Å². The largest absolute Gasteiger partial charge is 0.454 e. The number of nitrogens with one attached hydrogen (secondary N) is 2. The van der Waals surface area contributed by atoms with E-state index in [2.05, 4.69) is 10.6 Å². The molecular weight excluding hydrogens is 356 g/mol. The Hall–Kier alpha value is -3.15. The molecule has 0 aromatic heterocycles. The van der Waals surface area contributed by atoms with E-state index in [1.165, 1.54) is 6.92 Å². The van der Waals surface area contributed by atoms with Gasteiger partial charge in [-0.15, -0.1) is 0 Å². The Morgan fingerprint density at radius 2 is 1.61 bits per heavy atom. The summed E-state index contributed by atoms with van der Waals surface area (Å²) >= 11 is 0. The number of hydrogen-bond donors (Lipinski definition) is 2. The van der Waals surface area contributed by atoms with Gasteiger partial charge in [-0.3, -0.25) is 9.59 Å². The highest BCUT2D eigenvalue weighted by Gasteiger charge is 2.19. The lowest BCUT2D eigenvalue weighted by molar-refractivity contribution is -0.148. The topological polar surface area (TPSA) is 84.5 Å². The Kier molecular flexibility index (Phi) is 6.93. The van der Waals surface area contributed by atoms with Gasteiger partial charge in [0.05, 0.1) is 0 Å². The SMILES string of the molecule is Cc1cccc(C(=O)N[C@@H](C)C(=O)OCC(=O)Nc2c(C)cc(C)cc2C)c1. The molecule has 0 radical (unpaired) electrons. The molecule has 1 atom stereocenters. The summed E-state index contributed by atoms with van der Waals surface area (Å²) < 4.78 is 5.04. The van der Waals surface area contributed by atoms with E-state index in [4.69, 9.17) is 4.74 Å². The van der Waals surface area contributed by atoms with Crippen LogP contribution < -0.4 is 10.6 Å². The average molecular weight is 382 g/mol. The number of carbonyl (C=O) groups excluding carboxylic acids is 3. The van der Waals surface area contributed by atoms with Gasteiger partial charge in [0.25, 0.3) is 11.8 Å². The second-order valence-electron chi connectivity index (χ2n) is 6.99. The molecular formula is C22H26N2O4. The van der Waals surface area contributed by atoms with Crippen LogP contribution in [0.1, 0.15) is 39.5 Å². The molecule has 2 N–H and O–H groups in total. The first-order valence-corrected chi connectivity index (χ1v) is 9.09. The maximum absolute atomic E-state index is 12.2. The molecule has 6 heteroatoms. The van der Waals surface area contributed by atoms with Crippen LogP contribution in [0.25, 0.3) is 0 Å². The predicted molar refractivity (Wildman–Crippen MR) is 108 cm³/mol. The number of benzene rings is 2. The van der Waals surface area contributed by atoms with Crippen LogP contribution in [0, 0.1) is 27.7 Å². The molecule has 0 unspecified atom stereocenters. The molecule has 0 aliphatic rings. The Bertz CT molecular complexity index is 882. The molecule has 2 rings (SSSR count). The van der Waals surface area contributed by atoms with E-state index in [9.17, 15) is 14.4 Å². The van der Waals surface area contributed by atoms with E-state index in [0.29, 0.717) is 11.3 Å². The van der Waals surface area contributed by atoms with Crippen LogP contribution in [0.5, 0.6) is 0 Å². The third-order valence-electron chi connectivity index (χ3n) is 4.27. The Balaban J connectivity index is 1.87. The van der Waals surface area contributed by atoms with Crippen molar-refractivity contribution in [3.8, 4) is 0 Å². The number of aryl methyl sites for hydroxylation is 4. The van der Waals surface area contributed by atoms with E-state index >= 15 is 0 Å². The second kappa shape index (κ2) is 9.17. The molecule has 2 aromatic rings. The van der Waals surface area contributed by atoms with E-state index < -0.39 is 24.5 Å². The molecule has 2 amide bonds. The van der Waals surface area contributed by atoms with Crippen LogP contribution in [0.3, 0.4) is 0 Å². The zero-order valence-corrected chi connectivity index (χ0v) is 16.9. The third-order valence-corrected chi connectivity index (χ3v) is 4.27. The minimum atomic E-state index is -0.872. The fourth-order valence-electron chi connectivity index (χ4n) is 2.94. The van der Waals surface area contributed by atoms with Crippen LogP contribution in [0.15, 0.2) is 36.4 Å². The lowest BCUT2D eigenvalue weighted by Crippen LogP contribution is -2.40. The normalized spacial score (nSPS) is 11.5. The van der Waals surface area contributed by atoms with E-state index in [-0.39, 0.29) is 5.91 Å². The van der Waals surface area contributed by atoms with Crippen molar-refractivity contribution in [3.05, 3.63) is 64.2 Å². The van der Waals surface area contributed by atoms with Crippen molar-refractivity contribution in [2.24, 2.45) is 0 Å². The smallest absolute Gasteiger partial charge is 0.328 e. The molecule has 0 saturated carbocycles. The third kappa shape index (κ3) is 5.67. The van der Waals surface area contributed by atoms with Gasteiger partial charge in [-0.05, 0) is 57.9 Å². The van der Waals surface area contributed by atoms with Crippen molar-refractivity contribution in [2.45, 2.75) is 40.7 Å². The van der Waals surface area contributed by atoms with Gasteiger partial charge in [-0.2, -0.15) is 0 Å². The molecule has 0 spiro atoms. The van der Waals surface area contributed by atoms with Gasteiger partial charge in [0, 0.05) is 11.3 Å². The maximum atomic E-state index is 12.2. The molecule has 2 aromatic carbocycles. The fourth-order valence-corrected chi connectivity index (χ4v) is 2.94. The number of amides is 2. The summed E-state index contributed by atoms with van der Waals surface area (Å²) in [6.07, 6.45) is 0. The number of esters is 1. The van der Waals surface area contributed by atoms with E-state index in [1.54, 1.807) is 18.2 Å². The van der Waals surface area contributed by atoms with Gasteiger partial charge < -0.3 is 15.4 Å². The van der Waals surface area contributed by atoms with Crippen molar-refractivity contribution < 1.29 is 19.1 Å². The summed E-state index contributed by atoms with van der Waals surface area (Å²) in [5, 5.41) is 5.35. The summed E-state index contributed by atoms with van der Waals surface area (Å²) in [4.78, 5) is 36.4. The average Bonchev–Trinajstić information content (AvgIpc) is 2.62. The van der Waals surface area contributed by atoms with Crippen molar-refractivity contribution in [1.29, 1.82) is 0 Å². The summed E-state index contributed by atoms with van der Waals surface area (Å²) in [6.45, 7) is 8.78. The van der Waals surface area contributed by atoms with Crippen LogP contribution in [0.4, 0.5) is 5.69 Å². The number of anilines is 1. The standard InChI is InChI=1S/C22H26N2O4/c1-13-7-6-8-18(11-13)21(26)23-17(5)22(27)28-12-19(25)24-20-15(3)9-14(2)10-16(20)4/h6-11,17H,12H2,1-5H3,(H,23,26)(H,24,25)/t17-/m0/s1. The molecule has 148 valence electrons. The van der Waals surface area contributed by atoms with E-state index in [0.717, 1.165) is 22.3 Å². The Morgan fingerprint density at radius 3 is 2.21 bits per heavy atom. The lowest BCUT2D eigenvalue weighted by atomic mass is 10.1. The van der Waals surface area contributed by atoms with Gasteiger partial charge >= 0.3 is 5.97 Å². The highest BCUT2D eigenvalue weighted by Crippen LogP contribution is 2.21. The van der Waals surface area contributed by atoms with Crippen molar-refractivity contribution in [2.75, 3.05) is 11.9 Å². The quantitative estimate of drug-likeness (QED) is 0.752. The zero-order chi connectivity index (χ0) is 20.8. The van der Waals surface area contributed by atoms with E-state index in [1.807, 2.05) is 45.9 Å². The summed E-state index contributed by atoms with van der Waals surface area (Å²) in [6, 6.07) is 10.1. The van der Waals surface area contributed by atoms with Crippen LogP contribution in [-0.2, 0) is 14.3 Å². The first-order valence-electron chi connectivity index (χ1n) is 9.09. The molecule has 0 aliphatic carbocycles. The molecule has 6 nitrogen and oxygen atoms in total.